The topological polar surface area (TPSA) is 80.1 Å². The van der Waals surface area contributed by atoms with E-state index in [9.17, 15) is 9.59 Å². The standard InChI is InChI=1S/C22H24ClN5O2/c1-14(22(30)27-11-4-3-5-12-27)25-21(29)16-8-9-17(23)19(13-16)28-15(2)26-18-7-6-10-24-20(18)28/h6-10,13-14H,3-5,11-12H2,1-2H3,(H,25,29)/t14-/m0/s1. The highest BCUT2D eigenvalue weighted by Crippen LogP contribution is 2.27. The van der Waals surface area contributed by atoms with Crippen molar-refractivity contribution in [3.8, 4) is 5.69 Å². The Labute approximate surface area is 180 Å². The van der Waals surface area contributed by atoms with Crippen LogP contribution in [0.3, 0.4) is 0 Å². The summed E-state index contributed by atoms with van der Waals surface area (Å²) in [5, 5.41) is 3.31. The van der Waals surface area contributed by atoms with Crippen LogP contribution in [0.4, 0.5) is 0 Å². The number of carbonyl (C=O) groups is 2. The number of benzene rings is 1. The van der Waals surface area contributed by atoms with Gasteiger partial charge in [-0.2, -0.15) is 0 Å². The summed E-state index contributed by atoms with van der Waals surface area (Å²) < 4.78 is 1.83. The van der Waals surface area contributed by atoms with E-state index in [1.165, 1.54) is 0 Å². The lowest BCUT2D eigenvalue weighted by Crippen LogP contribution is -2.48. The summed E-state index contributed by atoms with van der Waals surface area (Å²) in [5.74, 6) is 0.357. The van der Waals surface area contributed by atoms with Crippen LogP contribution in [-0.2, 0) is 4.79 Å². The van der Waals surface area contributed by atoms with Crippen LogP contribution < -0.4 is 5.32 Å². The number of carbonyl (C=O) groups excluding carboxylic acids is 2. The molecule has 8 heteroatoms. The molecular formula is C22H24ClN5O2. The van der Waals surface area contributed by atoms with Gasteiger partial charge in [-0.25, -0.2) is 9.97 Å². The van der Waals surface area contributed by atoms with Gasteiger partial charge in [-0.15, -0.1) is 0 Å². The van der Waals surface area contributed by atoms with Gasteiger partial charge in [-0.3, -0.25) is 14.2 Å². The van der Waals surface area contributed by atoms with E-state index in [0.717, 1.165) is 43.7 Å². The van der Waals surface area contributed by atoms with Gasteiger partial charge in [-0.05, 0) is 63.4 Å². The van der Waals surface area contributed by atoms with E-state index >= 15 is 0 Å². The fourth-order valence-corrected chi connectivity index (χ4v) is 4.07. The second-order valence-electron chi connectivity index (χ2n) is 7.59. The second kappa shape index (κ2) is 8.44. The third kappa shape index (κ3) is 3.89. The number of nitrogens with zero attached hydrogens (tertiary/aromatic N) is 4. The Bertz CT molecular complexity index is 1100. The molecule has 1 aliphatic heterocycles. The Balaban J connectivity index is 1.59. The number of nitrogens with one attached hydrogen (secondary N) is 1. The first kappa shape index (κ1) is 20.3. The maximum atomic E-state index is 12.9. The lowest BCUT2D eigenvalue weighted by molar-refractivity contribution is -0.133. The molecule has 0 aliphatic carbocycles. The summed E-state index contributed by atoms with van der Waals surface area (Å²) in [6, 6.07) is 8.15. The van der Waals surface area contributed by atoms with Gasteiger partial charge < -0.3 is 10.2 Å². The number of hydrogen-bond acceptors (Lipinski definition) is 4. The van der Waals surface area contributed by atoms with E-state index in [-0.39, 0.29) is 11.8 Å². The zero-order chi connectivity index (χ0) is 21.3. The Morgan fingerprint density at radius 2 is 1.93 bits per heavy atom. The van der Waals surface area contributed by atoms with Gasteiger partial charge in [0.05, 0.1) is 10.7 Å². The Morgan fingerprint density at radius 3 is 2.70 bits per heavy atom. The predicted octanol–water partition coefficient (Wildman–Crippen LogP) is 3.51. The van der Waals surface area contributed by atoms with E-state index in [1.54, 1.807) is 31.3 Å². The van der Waals surface area contributed by atoms with Crippen molar-refractivity contribution in [2.24, 2.45) is 0 Å². The minimum atomic E-state index is -0.591. The first-order chi connectivity index (χ1) is 14.5. The van der Waals surface area contributed by atoms with E-state index in [0.29, 0.717) is 21.9 Å². The van der Waals surface area contributed by atoms with Crippen LogP contribution in [-0.4, -0.2) is 50.4 Å². The quantitative estimate of drug-likeness (QED) is 0.693. The molecule has 7 nitrogen and oxygen atoms in total. The van der Waals surface area contributed by atoms with E-state index in [2.05, 4.69) is 15.3 Å². The first-order valence-corrected chi connectivity index (χ1v) is 10.5. The molecule has 0 spiro atoms. The number of likely N-dealkylation sites (tertiary alicyclic amines) is 1. The number of amides is 2. The summed E-state index contributed by atoms with van der Waals surface area (Å²) in [5.41, 5.74) is 2.47. The third-order valence-electron chi connectivity index (χ3n) is 5.42. The van der Waals surface area contributed by atoms with Crippen LogP contribution >= 0.6 is 11.6 Å². The number of hydrogen-bond donors (Lipinski definition) is 1. The van der Waals surface area contributed by atoms with Crippen molar-refractivity contribution >= 4 is 34.6 Å². The fourth-order valence-electron chi connectivity index (χ4n) is 3.87. The number of imidazole rings is 1. The third-order valence-corrected chi connectivity index (χ3v) is 5.74. The summed E-state index contributed by atoms with van der Waals surface area (Å²) in [4.78, 5) is 36.2. The predicted molar refractivity (Wildman–Crippen MR) is 116 cm³/mol. The summed E-state index contributed by atoms with van der Waals surface area (Å²) in [7, 11) is 0. The van der Waals surface area contributed by atoms with Crippen molar-refractivity contribution in [3.05, 3.63) is 52.9 Å². The molecule has 1 aliphatic rings. The van der Waals surface area contributed by atoms with Gasteiger partial charge in [0.1, 0.15) is 17.4 Å². The molecular weight excluding hydrogens is 402 g/mol. The Morgan fingerprint density at radius 1 is 1.17 bits per heavy atom. The molecule has 156 valence electrons. The number of rotatable bonds is 4. The second-order valence-corrected chi connectivity index (χ2v) is 8.00. The van der Waals surface area contributed by atoms with Crippen molar-refractivity contribution in [3.63, 3.8) is 0 Å². The number of fused-ring (bicyclic) bond motifs is 1. The summed E-state index contributed by atoms with van der Waals surface area (Å²) in [6.07, 6.45) is 4.87. The van der Waals surface area contributed by atoms with Crippen molar-refractivity contribution in [2.75, 3.05) is 13.1 Å². The highest BCUT2D eigenvalue weighted by molar-refractivity contribution is 6.32. The maximum Gasteiger partial charge on any atom is 0.251 e. The SMILES string of the molecule is Cc1nc2cccnc2n1-c1cc(C(=O)N[C@@H](C)C(=O)N2CCCCC2)ccc1Cl. The summed E-state index contributed by atoms with van der Waals surface area (Å²) >= 11 is 6.45. The Kier molecular flexibility index (Phi) is 5.72. The van der Waals surface area contributed by atoms with Gasteiger partial charge in [0.2, 0.25) is 5.91 Å². The largest absolute Gasteiger partial charge is 0.341 e. The minimum Gasteiger partial charge on any atom is -0.341 e. The summed E-state index contributed by atoms with van der Waals surface area (Å²) in [6.45, 7) is 5.10. The zero-order valence-electron chi connectivity index (χ0n) is 17.1. The smallest absolute Gasteiger partial charge is 0.251 e. The van der Waals surface area contributed by atoms with E-state index < -0.39 is 6.04 Å². The molecule has 1 saturated heterocycles. The van der Waals surface area contributed by atoms with Crippen LogP contribution in [0.1, 0.15) is 42.4 Å². The number of piperidine rings is 1. The highest BCUT2D eigenvalue weighted by atomic mass is 35.5. The van der Waals surface area contributed by atoms with Gasteiger partial charge in [-0.1, -0.05) is 11.6 Å². The number of halogens is 1. The molecule has 1 fully saturated rings. The minimum absolute atomic E-state index is 0.0436. The fraction of sp³-hybridized carbons (Fsp3) is 0.364. The van der Waals surface area contributed by atoms with Crippen molar-refractivity contribution in [1.29, 1.82) is 0 Å². The van der Waals surface area contributed by atoms with Crippen LogP contribution in [0.25, 0.3) is 16.9 Å². The van der Waals surface area contributed by atoms with Gasteiger partial charge in [0.25, 0.3) is 5.91 Å². The van der Waals surface area contributed by atoms with Gasteiger partial charge >= 0.3 is 0 Å². The van der Waals surface area contributed by atoms with E-state index in [1.807, 2.05) is 28.5 Å². The first-order valence-electron chi connectivity index (χ1n) is 10.2. The van der Waals surface area contributed by atoms with Crippen LogP contribution in [0, 0.1) is 6.92 Å². The van der Waals surface area contributed by atoms with Crippen LogP contribution in [0.2, 0.25) is 5.02 Å². The van der Waals surface area contributed by atoms with Gasteiger partial charge in [0, 0.05) is 24.8 Å². The molecule has 0 unspecified atom stereocenters. The average molecular weight is 426 g/mol. The molecule has 0 radical (unpaired) electrons. The normalized spacial score (nSPS) is 15.2. The number of aryl methyl sites for hydroxylation is 1. The zero-order valence-corrected chi connectivity index (χ0v) is 17.8. The highest BCUT2D eigenvalue weighted by Gasteiger charge is 2.24. The molecule has 1 N–H and O–H groups in total. The van der Waals surface area contributed by atoms with Crippen LogP contribution in [0.15, 0.2) is 36.5 Å². The van der Waals surface area contributed by atoms with Crippen molar-refractivity contribution in [1.82, 2.24) is 24.8 Å². The molecule has 3 heterocycles. The molecule has 30 heavy (non-hydrogen) atoms. The molecule has 0 saturated carbocycles. The van der Waals surface area contributed by atoms with Gasteiger partial charge in [0.15, 0.2) is 5.65 Å². The van der Waals surface area contributed by atoms with Crippen molar-refractivity contribution in [2.45, 2.75) is 39.2 Å². The van der Waals surface area contributed by atoms with Crippen molar-refractivity contribution < 1.29 is 9.59 Å². The number of aromatic nitrogens is 3. The lowest BCUT2D eigenvalue weighted by atomic mass is 10.1. The molecule has 0 bridgehead atoms. The molecule has 3 aromatic rings. The monoisotopic (exact) mass is 425 g/mol. The Hall–Kier alpha value is -2.93. The maximum absolute atomic E-state index is 12.9. The molecule has 1 atom stereocenters. The average Bonchev–Trinajstić information content (AvgIpc) is 3.09. The molecule has 1 aromatic carbocycles. The molecule has 2 amide bonds. The lowest BCUT2D eigenvalue weighted by Gasteiger charge is -2.29. The molecule has 2 aromatic heterocycles. The van der Waals surface area contributed by atoms with Crippen LogP contribution in [0.5, 0.6) is 0 Å². The molecule has 4 rings (SSSR count). The van der Waals surface area contributed by atoms with E-state index in [4.69, 9.17) is 11.6 Å². The number of pyridine rings is 1.